The monoisotopic (exact) mass is 276 g/mol. The highest BCUT2D eigenvalue weighted by Gasteiger charge is 2.19. The van der Waals surface area contributed by atoms with Gasteiger partial charge in [0.05, 0.1) is 5.69 Å². The summed E-state index contributed by atoms with van der Waals surface area (Å²) in [6.45, 7) is 4.16. The Labute approximate surface area is 115 Å². The van der Waals surface area contributed by atoms with E-state index in [1.165, 1.54) is 16.2 Å². The van der Waals surface area contributed by atoms with Crippen LogP contribution in [0.15, 0.2) is 30.5 Å². The van der Waals surface area contributed by atoms with Crippen LogP contribution in [0.1, 0.15) is 24.6 Å². The summed E-state index contributed by atoms with van der Waals surface area (Å²) in [4.78, 5) is 18.4. The van der Waals surface area contributed by atoms with Gasteiger partial charge in [-0.3, -0.25) is 0 Å². The summed E-state index contributed by atoms with van der Waals surface area (Å²) in [6, 6.07) is 6.38. The zero-order chi connectivity index (χ0) is 14.0. The lowest BCUT2D eigenvalue weighted by Crippen LogP contribution is -2.31. The molecule has 0 radical (unpaired) electrons. The number of amides is 2. The Bertz CT molecular complexity index is 577. The molecule has 0 aliphatic heterocycles. The van der Waals surface area contributed by atoms with E-state index < -0.39 is 6.03 Å². The van der Waals surface area contributed by atoms with Crippen molar-refractivity contribution >= 4 is 33.9 Å². The molecule has 0 saturated heterocycles. The molecular formula is C13H16N4OS. The van der Waals surface area contributed by atoms with Crippen LogP contribution < -0.4 is 16.4 Å². The fourth-order valence-electron chi connectivity index (χ4n) is 1.60. The standard InChI is InChI=1S/C13H16N4OS/c1-8(2)11-7-16-13(19-11)17(12(15)18)10-5-3-9(14)4-6-10/h3-8H,14H2,1-2H3,(H2,15,18). The smallest absolute Gasteiger partial charge is 0.325 e. The molecule has 100 valence electrons. The lowest BCUT2D eigenvalue weighted by atomic mass is 10.2. The Morgan fingerprint density at radius 2 is 1.95 bits per heavy atom. The number of anilines is 3. The van der Waals surface area contributed by atoms with E-state index in [2.05, 4.69) is 18.8 Å². The van der Waals surface area contributed by atoms with Gasteiger partial charge in [-0.25, -0.2) is 14.7 Å². The number of hydrogen-bond donors (Lipinski definition) is 2. The zero-order valence-corrected chi connectivity index (χ0v) is 11.6. The molecular weight excluding hydrogens is 260 g/mol. The highest BCUT2D eigenvalue weighted by Crippen LogP contribution is 2.32. The molecule has 0 fully saturated rings. The summed E-state index contributed by atoms with van der Waals surface area (Å²) in [5.74, 6) is 0.368. The molecule has 0 aliphatic rings. The molecule has 4 N–H and O–H groups in total. The Kier molecular flexibility index (Phi) is 3.71. The molecule has 0 atom stereocenters. The molecule has 2 rings (SSSR count). The van der Waals surface area contributed by atoms with Crippen LogP contribution in [0.4, 0.5) is 21.3 Å². The van der Waals surface area contributed by atoms with Crippen LogP contribution in [0.25, 0.3) is 0 Å². The van der Waals surface area contributed by atoms with Crippen molar-refractivity contribution in [3.05, 3.63) is 35.3 Å². The molecule has 0 saturated carbocycles. The number of thiazole rings is 1. The third kappa shape index (κ3) is 2.85. The SMILES string of the molecule is CC(C)c1cnc(N(C(N)=O)c2ccc(N)cc2)s1. The molecule has 0 unspecified atom stereocenters. The highest BCUT2D eigenvalue weighted by atomic mass is 32.1. The number of primary amides is 1. The molecule has 2 amide bonds. The number of nitrogen functional groups attached to an aromatic ring is 1. The summed E-state index contributed by atoms with van der Waals surface area (Å²) >= 11 is 1.46. The minimum Gasteiger partial charge on any atom is -0.399 e. The predicted molar refractivity (Wildman–Crippen MR) is 78.8 cm³/mol. The number of nitrogens with zero attached hydrogens (tertiary/aromatic N) is 2. The van der Waals surface area contributed by atoms with Gasteiger partial charge in [-0.05, 0) is 30.2 Å². The Morgan fingerprint density at radius 1 is 1.32 bits per heavy atom. The maximum absolute atomic E-state index is 11.6. The van der Waals surface area contributed by atoms with Crippen LogP contribution in [0.2, 0.25) is 0 Å². The van der Waals surface area contributed by atoms with Gasteiger partial charge < -0.3 is 11.5 Å². The van der Waals surface area contributed by atoms with Crippen LogP contribution in [0.5, 0.6) is 0 Å². The first-order chi connectivity index (χ1) is 8.99. The lowest BCUT2D eigenvalue weighted by Gasteiger charge is -2.17. The van der Waals surface area contributed by atoms with E-state index in [0.29, 0.717) is 22.4 Å². The molecule has 5 nitrogen and oxygen atoms in total. The van der Waals surface area contributed by atoms with Gasteiger partial charge in [0, 0.05) is 16.8 Å². The summed E-state index contributed by atoms with van der Waals surface area (Å²) < 4.78 is 0. The van der Waals surface area contributed by atoms with Gasteiger partial charge in [0.25, 0.3) is 0 Å². The molecule has 0 bridgehead atoms. The molecule has 1 heterocycles. The average molecular weight is 276 g/mol. The maximum atomic E-state index is 11.6. The average Bonchev–Trinajstić information content (AvgIpc) is 2.81. The van der Waals surface area contributed by atoms with E-state index in [4.69, 9.17) is 11.5 Å². The van der Waals surface area contributed by atoms with E-state index in [0.717, 1.165) is 4.88 Å². The minimum absolute atomic E-state index is 0.368. The van der Waals surface area contributed by atoms with Crippen molar-refractivity contribution in [1.82, 2.24) is 4.98 Å². The van der Waals surface area contributed by atoms with Crippen LogP contribution in [-0.2, 0) is 0 Å². The van der Waals surface area contributed by atoms with Gasteiger partial charge in [-0.2, -0.15) is 0 Å². The molecule has 1 aromatic carbocycles. The van der Waals surface area contributed by atoms with Gasteiger partial charge in [-0.15, -0.1) is 11.3 Å². The molecule has 0 aliphatic carbocycles. The predicted octanol–water partition coefficient (Wildman–Crippen LogP) is 3.07. The number of aromatic nitrogens is 1. The van der Waals surface area contributed by atoms with E-state index in [1.54, 1.807) is 30.5 Å². The third-order valence-corrected chi connectivity index (χ3v) is 3.93. The summed E-state index contributed by atoms with van der Waals surface area (Å²) in [5, 5.41) is 0.570. The Morgan fingerprint density at radius 3 is 2.42 bits per heavy atom. The number of urea groups is 1. The van der Waals surface area contributed by atoms with E-state index >= 15 is 0 Å². The van der Waals surface area contributed by atoms with Gasteiger partial charge >= 0.3 is 6.03 Å². The number of carbonyl (C=O) groups excluding carboxylic acids is 1. The second kappa shape index (κ2) is 5.27. The topological polar surface area (TPSA) is 85.2 Å². The number of nitrogens with two attached hydrogens (primary N) is 2. The van der Waals surface area contributed by atoms with Crippen LogP contribution >= 0.6 is 11.3 Å². The first kappa shape index (κ1) is 13.4. The molecule has 19 heavy (non-hydrogen) atoms. The number of carbonyl (C=O) groups is 1. The van der Waals surface area contributed by atoms with Gasteiger partial charge in [0.2, 0.25) is 0 Å². The third-order valence-electron chi connectivity index (χ3n) is 2.64. The second-order valence-electron chi connectivity index (χ2n) is 4.47. The first-order valence-corrected chi connectivity index (χ1v) is 6.71. The quantitative estimate of drug-likeness (QED) is 0.845. The molecule has 1 aromatic heterocycles. The lowest BCUT2D eigenvalue weighted by molar-refractivity contribution is 0.256. The van der Waals surface area contributed by atoms with Gasteiger partial charge in [0.15, 0.2) is 5.13 Å². The minimum atomic E-state index is -0.561. The van der Waals surface area contributed by atoms with Crippen LogP contribution in [0.3, 0.4) is 0 Å². The van der Waals surface area contributed by atoms with Crippen molar-refractivity contribution in [2.24, 2.45) is 5.73 Å². The van der Waals surface area contributed by atoms with Crippen LogP contribution in [-0.4, -0.2) is 11.0 Å². The number of hydrogen-bond acceptors (Lipinski definition) is 4. The Hall–Kier alpha value is -2.08. The zero-order valence-electron chi connectivity index (χ0n) is 10.8. The van der Waals surface area contributed by atoms with Crippen molar-refractivity contribution in [2.45, 2.75) is 19.8 Å². The van der Waals surface area contributed by atoms with Crippen molar-refractivity contribution in [1.29, 1.82) is 0 Å². The first-order valence-electron chi connectivity index (χ1n) is 5.90. The number of benzene rings is 1. The Balaban J connectivity index is 2.39. The molecule has 0 spiro atoms. The summed E-state index contributed by atoms with van der Waals surface area (Å²) in [5.41, 5.74) is 12.4. The van der Waals surface area contributed by atoms with Crippen molar-refractivity contribution in [3.63, 3.8) is 0 Å². The molecule has 6 heteroatoms. The maximum Gasteiger partial charge on any atom is 0.325 e. The number of rotatable bonds is 3. The molecule has 2 aromatic rings. The van der Waals surface area contributed by atoms with Crippen molar-refractivity contribution < 1.29 is 4.79 Å². The fourth-order valence-corrected chi connectivity index (χ4v) is 2.55. The fraction of sp³-hybridized carbons (Fsp3) is 0.231. The van der Waals surface area contributed by atoms with E-state index in [9.17, 15) is 4.79 Å². The van der Waals surface area contributed by atoms with E-state index in [-0.39, 0.29) is 0 Å². The van der Waals surface area contributed by atoms with Crippen LogP contribution in [0, 0.1) is 0 Å². The second-order valence-corrected chi connectivity index (χ2v) is 5.51. The largest absolute Gasteiger partial charge is 0.399 e. The normalized spacial score (nSPS) is 10.7. The summed E-state index contributed by atoms with van der Waals surface area (Å²) in [6.07, 6.45) is 1.78. The van der Waals surface area contributed by atoms with Crippen molar-refractivity contribution in [2.75, 3.05) is 10.6 Å². The van der Waals surface area contributed by atoms with E-state index in [1.807, 2.05) is 0 Å². The summed E-state index contributed by atoms with van der Waals surface area (Å²) in [7, 11) is 0. The highest BCUT2D eigenvalue weighted by molar-refractivity contribution is 7.15. The van der Waals surface area contributed by atoms with Crippen molar-refractivity contribution in [3.8, 4) is 0 Å². The van der Waals surface area contributed by atoms with Gasteiger partial charge in [0.1, 0.15) is 0 Å². The van der Waals surface area contributed by atoms with Gasteiger partial charge in [-0.1, -0.05) is 13.8 Å².